The maximum absolute atomic E-state index is 13.6. The van der Waals surface area contributed by atoms with Crippen molar-refractivity contribution in [2.45, 2.75) is 104 Å². The minimum atomic E-state index is -0.736. The lowest BCUT2D eigenvalue weighted by molar-refractivity contribution is -0.127. The highest BCUT2D eigenvalue weighted by Crippen LogP contribution is 2.51. The van der Waals surface area contributed by atoms with E-state index in [9.17, 15) is 15.0 Å². The third kappa shape index (κ3) is 9.67. The Bertz CT molecular complexity index is 936. The van der Waals surface area contributed by atoms with Crippen molar-refractivity contribution in [1.29, 1.82) is 0 Å². The maximum Gasteiger partial charge on any atom is 0.161 e. The van der Waals surface area contributed by atoms with E-state index < -0.39 is 12.1 Å². The van der Waals surface area contributed by atoms with Crippen LogP contribution in [0.1, 0.15) is 84.6 Å². The highest BCUT2D eigenvalue weighted by Gasteiger charge is 2.51. The molecule has 0 amide bonds. The first-order chi connectivity index (χ1) is 19.6. The van der Waals surface area contributed by atoms with Gasteiger partial charge in [0.15, 0.2) is 11.5 Å². The molecule has 234 valence electrons. The number of benzene rings is 1. The van der Waals surface area contributed by atoms with Gasteiger partial charge in [0.2, 0.25) is 0 Å². The molecule has 3 rings (SSSR count). The summed E-state index contributed by atoms with van der Waals surface area (Å²) in [6.45, 7) is 9.74. The number of rotatable bonds is 18. The lowest BCUT2D eigenvalue weighted by Gasteiger charge is -2.31. The van der Waals surface area contributed by atoms with Crippen molar-refractivity contribution in [3.63, 3.8) is 0 Å². The van der Waals surface area contributed by atoms with Crippen molar-refractivity contribution in [2.75, 3.05) is 27.4 Å². The van der Waals surface area contributed by atoms with Crippen LogP contribution in [0.25, 0.3) is 0 Å². The molecule has 4 N–H and O–H groups in total. The number of ketones is 1. The van der Waals surface area contributed by atoms with Crippen molar-refractivity contribution >= 4 is 5.78 Å². The van der Waals surface area contributed by atoms with Gasteiger partial charge in [-0.25, -0.2) is 0 Å². The predicted octanol–water partition coefficient (Wildman–Crippen LogP) is 5.42. The third-order valence-electron chi connectivity index (χ3n) is 9.69. The van der Waals surface area contributed by atoms with Crippen LogP contribution in [0.15, 0.2) is 18.2 Å². The fourth-order valence-electron chi connectivity index (χ4n) is 6.83. The van der Waals surface area contributed by atoms with Crippen molar-refractivity contribution < 1.29 is 29.2 Å². The molecule has 0 saturated heterocycles. The van der Waals surface area contributed by atoms with Crippen LogP contribution in [-0.4, -0.2) is 61.7 Å². The predicted molar refractivity (Wildman–Crippen MR) is 163 cm³/mol. The molecular weight excluding hydrogens is 518 g/mol. The van der Waals surface area contributed by atoms with Crippen LogP contribution in [0.2, 0.25) is 0 Å². The van der Waals surface area contributed by atoms with Gasteiger partial charge in [-0.15, -0.1) is 0 Å². The Hall–Kier alpha value is -1.67. The van der Waals surface area contributed by atoms with E-state index in [1.807, 2.05) is 12.1 Å². The number of Topliss-reactive ketones (excluding diaryl/α,β-unsaturated/α-hetero) is 1. The number of nitrogens with two attached hydrogens (primary N) is 1. The number of aliphatic hydroxyl groups is 2. The van der Waals surface area contributed by atoms with E-state index in [0.717, 1.165) is 56.3 Å². The summed E-state index contributed by atoms with van der Waals surface area (Å²) in [6.07, 6.45) is 6.71. The summed E-state index contributed by atoms with van der Waals surface area (Å²) in [5.74, 6) is 2.89. The first-order valence-electron chi connectivity index (χ1n) is 16.0. The minimum absolute atomic E-state index is 0.0352. The van der Waals surface area contributed by atoms with Crippen LogP contribution in [0.5, 0.6) is 11.5 Å². The summed E-state index contributed by atoms with van der Waals surface area (Å²) >= 11 is 0. The Morgan fingerprint density at radius 2 is 1.73 bits per heavy atom. The van der Waals surface area contributed by atoms with Crippen molar-refractivity contribution in [1.82, 2.24) is 0 Å². The highest BCUT2D eigenvalue weighted by atomic mass is 16.5. The zero-order valence-electron chi connectivity index (χ0n) is 26.4. The van der Waals surface area contributed by atoms with Crippen LogP contribution in [0.3, 0.4) is 0 Å². The lowest BCUT2D eigenvalue weighted by Crippen LogP contribution is -2.41. The van der Waals surface area contributed by atoms with Crippen LogP contribution in [0, 0.1) is 41.4 Å². The molecule has 1 aromatic rings. The minimum Gasteiger partial charge on any atom is -0.493 e. The Morgan fingerprint density at radius 1 is 1.00 bits per heavy atom. The van der Waals surface area contributed by atoms with Gasteiger partial charge in [0, 0.05) is 38.0 Å². The summed E-state index contributed by atoms with van der Waals surface area (Å²) in [7, 11) is 3.33. The van der Waals surface area contributed by atoms with Crippen LogP contribution < -0.4 is 15.2 Å². The smallest absolute Gasteiger partial charge is 0.161 e. The second-order valence-electron chi connectivity index (χ2n) is 13.4. The number of aliphatic hydroxyl groups excluding tert-OH is 2. The van der Waals surface area contributed by atoms with E-state index in [4.69, 9.17) is 19.9 Å². The first kappa shape index (κ1) is 33.8. The van der Waals surface area contributed by atoms with Gasteiger partial charge in [0.25, 0.3) is 0 Å². The first-order valence-corrected chi connectivity index (χ1v) is 16.0. The van der Waals surface area contributed by atoms with E-state index in [1.54, 1.807) is 14.2 Å². The molecule has 2 aliphatic carbocycles. The number of carbonyl (C=O) groups excluding carboxylic acids is 1. The molecule has 41 heavy (non-hydrogen) atoms. The second kappa shape index (κ2) is 16.3. The molecule has 8 atom stereocenters. The molecule has 0 heterocycles. The normalized spacial score (nSPS) is 25.5. The van der Waals surface area contributed by atoms with Gasteiger partial charge in [0.1, 0.15) is 5.78 Å². The Kier molecular flexibility index (Phi) is 13.4. The summed E-state index contributed by atoms with van der Waals surface area (Å²) in [5, 5.41) is 21.7. The van der Waals surface area contributed by atoms with Crippen molar-refractivity contribution in [3.05, 3.63) is 23.8 Å². The fraction of sp³-hybridized carbons (Fsp3) is 0.794. The van der Waals surface area contributed by atoms with Crippen LogP contribution in [0.4, 0.5) is 0 Å². The van der Waals surface area contributed by atoms with Crippen molar-refractivity contribution in [2.24, 2.45) is 47.2 Å². The maximum atomic E-state index is 13.6. The number of carbonyl (C=O) groups is 1. The Balaban J connectivity index is 1.59. The van der Waals surface area contributed by atoms with Gasteiger partial charge in [-0.3, -0.25) is 4.79 Å². The van der Waals surface area contributed by atoms with E-state index in [-0.39, 0.29) is 41.5 Å². The van der Waals surface area contributed by atoms with E-state index >= 15 is 0 Å². The van der Waals surface area contributed by atoms with Gasteiger partial charge in [-0.1, -0.05) is 46.6 Å². The molecule has 0 bridgehead atoms. The average molecular weight is 576 g/mol. The molecule has 7 nitrogen and oxygen atoms in total. The number of hydrogen-bond acceptors (Lipinski definition) is 7. The molecule has 2 saturated carbocycles. The van der Waals surface area contributed by atoms with Gasteiger partial charge in [-0.2, -0.15) is 0 Å². The molecular formula is C34H57NO6. The van der Waals surface area contributed by atoms with E-state index in [0.29, 0.717) is 43.6 Å². The fourth-order valence-corrected chi connectivity index (χ4v) is 6.83. The third-order valence-corrected chi connectivity index (χ3v) is 9.69. The van der Waals surface area contributed by atoms with Crippen LogP contribution in [-0.2, 0) is 16.0 Å². The topological polar surface area (TPSA) is 111 Å². The lowest BCUT2D eigenvalue weighted by atomic mass is 9.78. The average Bonchev–Trinajstić information content (AvgIpc) is 3.74. The zero-order valence-corrected chi connectivity index (χ0v) is 26.4. The molecule has 2 aliphatic rings. The zero-order chi connectivity index (χ0) is 30.1. The molecule has 0 spiro atoms. The summed E-state index contributed by atoms with van der Waals surface area (Å²) < 4.78 is 16.6. The number of ether oxygens (including phenoxy) is 3. The second-order valence-corrected chi connectivity index (χ2v) is 13.4. The molecule has 1 aromatic carbocycles. The monoisotopic (exact) mass is 575 g/mol. The summed E-state index contributed by atoms with van der Waals surface area (Å²) in [5.41, 5.74) is 7.78. The molecule has 0 aliphatic heterocycles. The van der Waals surface area contributed by atoms with Gasteiger partial charge in [0.05, 0.1) is 25.9 Å². The van der Waals surface area contributed by atoms with Gasteiger partial charge >= 0.3 is 0 Å². The summed E-state index contributed by atoms with van der Waals surface area (Å²) in [4.78, 5) is 13.6. The van der Waals surface area contributed by atoms with Crippen molar-refractivity contribution in [3.8, 4) is 11.5 Å². The molecule has 2 unspecified atom stereocenters. The molecule has 0 radical (unpaired) electrons. The highest BCUT2D eigenvalue weighted by molar-refractivity contribution is 5.86. The van der Waals surface area contributed by atoms with E-state index in [1.165, 1.54) is 0 Å². The van der Waals surface area contributed by atoms with Gasteiger partial charge in [-0.05, 0) is 85.8 Å². The Morgan fingerprint density at radius 3 is 2.37 bits per heavy atom. The standard InChI is InChI=1S/C34H57NO6/c1-21(2)24(16-23-12-13-32(40-6)33(17-23)41-15-9-14-39-5)18-29(35)31(37)20-26(22(3)4)34(38)28-19-27(28)25-10-7-8-11-30(25)36/h12-13,17,21-22,24-31,36-37H,7-11,14-16,18-20,35H2,1-6H3/t24-,25?,26-,27-,28?,29-,30+,31-/m0/s1. The largest absolute Gasteiger partial charge is 0.493 e. The number of hydrogen-bond donors (Lipinski definition) is 3. The van der Waals surface area contributed by atoms with Crippen LogP contribution >= 0.6 is 0 Å². The van der Waals surface area contributed by atoms with Gasteiger partial charge < -0.3 is 30.2 Å². The summed E-state index contributed by atoms with van der Waals surface area (Å²) in [6, 6.07) is 5.66. The number of methoxy groups -OCH3 is 2. The van der Waals surface area contributed by atoms with E-state index in [2.05, 4.69) is 33.8 Å². The SMILES string of the molecule is COCCCOc1cc(C[C@@H](C[C@H](N)[C@@H](O)C[C@H](C(=O)C2C[C@H]2C2CCCC[C@H]2O)C(C)C)C(C)C)ccc1OC. The molecule has 2 fully saturated rings. The quantitative estimate of drug-likeness (QED) is 0.200. The molecule has 0 aromatic heterocycles. The Labute approximate surface area is 248 Å². The molecule has 7 heteroatoms.